The zero-order chi connectivity index (χ0) is 8.69. The summed E-state index contributed by atoms with van der Waals surface area (Å²) < 4.78 is 5.10. The third-order valence-electron chi connectivity index (χ3n) is 1.23. The highest BCUT2D eigenvalue weighted by Crippen LogP contribution is 1.95. The van der Waals surface area contributed by atoms with Crippen molar-refractivity contribution in [1.29, 1.82) is 0 Å². The van der Waals surface area contributed by atoms with Crippen LogP contribution in [0.5, 0.6) is 0 Å². The van der Waals surface area contributed by atoms with Crippen molar-refractivity contribution in [2.75, 3.05) is 33.4 Å². The Morgan fingerprint density at radius 2 is 1.64 bits per heavy atom. The molecule has 1 fully saturated rings. The molecule has 2 nitrogen and oxygen atoms in total. The van der Waals surface area contributed by atoms with Gasteiger partial charge < -0.3 is 9.64 Å². The van der Waals surface area contributed by atoms with Crippen molar-refractivity contribution in [2.45, 2.75) is 11.8 Å². The molecular formula is C7H15Cl2NO. The topological polar surface area (TPSA) is 12.5 Å². The monoisotopic (exact) mass is 199 g/mol. The minimum absolute atomic E-state index is 0.222. The summed E-state index contributed by atoms with van der Waals surface area (Å²) >= 11 is 10.1. The quantitative estimate of drug-likeness (QED) is 0.552. The lowest BCUT2D eigenvalue weighted by molar-refractivity contribution is 0.0503. The zero-order valence-electron chi connectivity index (χ0n) is 7.02. The first-order valence-electron chi connectivity index (χ1n) is 3.67. The molecule has 1 aliphatic rings. The predicted octanol–water partition coefficient (Wildman–Crippen LogP) is 1.76. The van der Waals surface area contributed by atoms with Gasteiger partial charge in [-0.05, 0) is 14.0 Å². The lowest BCUT2D eigenvalue weighted by Crippen LogP contribution is -2.32. The van der Waals surface area contributed by atoms with Crippen LogP contribution in [0, 0.1) is 0 Å². The largest absolute Gasteiger partial charge is 0.379 e. The van der Waals surface area contributed by atoms with Gasteiger partial charge in [-0.2, -0.15) is 0 Å². The Hall–Kier alpha value is 0.500. The van der Waals surface area contributed by atoms with Gasteiger partial charge in [0.15, 0.2) is 0 Å². The van der Waals surface area contributed by atoms with Gasteiger partial charge >= 0.3 is 0 Å². The number of alkyl halides is 2. The Balaban J connectivity index is 0.000000218. The number of morpholine rings is 1. The molecular weight excluding hydrogens is 185 g/mol. The average molecular weight is 200 g/mol. The van der Waals surface area contributed by atoms with Crippen LogP contribution < -0.4 is 0 Å². The van der Waals surface area contributed by atoms with Gasteiger partial charge in [0.25, 0.3) is 0 Å². The van der Waals surface area contributed by atoms with E-state index in [9.17, 15) is 0 Å². The summed E-state index contributed by atoms with van der Waals surface area (Å²) in [5.41, 5.74) is 0. The molecule has 1 aliphatic heterocycles. The van der Waals surface area contributed by atoms with Crippen LogP contribution >= 0.6 is 23.2 Å². The summed E-state index contributed by atoms with van der Waals surface area (Å²) in [7, 11) is 2.11. The van der Waals surface area contributed by atoms with Crippen LogP contribution in [0.4, 0.5) is 0 Å². The van der Waals surface area contributed by atoms with E-state index in [1.165, 1.54) is 0 Å². The SMILES string of the molecule is CC(Cl)Cl.CN1CCOCC1. The van der Waals surface area contributed by atoms with Gasteiger partial charge in [-0.3, -0.25) is 0 Å². The summed E-state index contributed by atoms with van der Waals surface area (Å²) in [6, 6.07) is 0. The van der Waals surface area contributed by atoms with Crippen molar-refractivity contribution in [1.82, 2.24) is 4.90 Å². The Morgan fingerprint density at radius 3 is 1.82 bits per heavy atom. The molecule has 4 heteroatoms. The Kier molecular flexibility index (Phi) is 7.49. The fourth-order valence-electron chi connectivity index (χ4n) is 0.655. The molecule has 0 aromatic heterocycles. The van der Waals surface area contributed by atoms with Crippen LogP contribution in [0.1, 0.15) is 6.92 Å². The zero-order valence-corrected chi connectivity index (χ0v) is 8.53. The number of hydrogen-bond acceptors (Lipinski definition) is 2. The second kappa shape index (κ2) is 7.17. The third kappa shape index (κ3) is 10.5. The summed E-state index contributed by atoms with van der Waals surface area (Å²) in [4.78, 5) is 2.05. The molecule has 0 amide bonds. The molecule has 0 N–H and O–H groups in total. The van der Waals surface area contributed by atoms with E-state index in [1.54, 1.807) is 6.92 Å². The van der Waals surface area contributed by atoms with Gasteiger partial charge in [-0.15, -0.1) is 23.2 Å². The Morgan fingerprint density at radius 1 is 1.27 bits per heavy atom. The molecule has 0 spiro atoms. The lowest BCUT2D eigenvalue weighted by atomic mass is 10.5. The minimum Gasteiger partial charge on any atom is -0.379 e. The van der Waals surface area contributed by atoms with Crippen LogP contribution in [0.25, 0.3) is 0 Å². The molecule has 0 aromatic carbocycles. The van der Waals surface area contributed by atoms with Crippen LogP contribution in [0.15, 0.2) is 0 Å². The molecule has 0 radical (unpaired) electrons. The fraction of sp³-hybridized carbons (Fsp3) is 1.00. The van der Waals surface area contributed by atoms with E-state index in [-0.39, 0.29) is 4.84 Å². The van der Waals surface area contributed by atoms with E-state index in [0.29, 0.717) is 0 Å². The van der Waals surface area contributed by atoms with Gasteiger partial charge in [0.2, 0.25) is 0 Å². The van der Waals surface area contributed by atoms with E-state index in [0.717, 1.165) is 26.3 Å². The molecule has 68 valence electrons. The van der Waals surface area contributed by atoms with Crippen LogP contribution in [0.3, 0.4) is 0 Å². The first-order valence-corrected chi connectivity index (χ1v) is 4.54. The number of ether oxygens (including phenoxy) is 1. The molecule has 0 saturated carbocycles. The van der Waals surface area contributed by atoms with E-state index >= 15 is 0 Å². The summed E-state index contributed by atoms with van der Waals surface area (Å²) in [6.45, 7) is 5.72. The maximum absolute atomic E-state index is 5.10. The van der Waals surface area contributed by atoms with E-state index in [4.69, 9.17) is 27.9 Å². The average Bonchev–Trinajstić information content (AvgIpc) is 1.87. The van der Waals surface area contributed by atoms with Crippen molar-refractivity contribution in [3.63, 3.8) is 0 Å². The second-order valence-corrected chi connectivity index (χ2v) is 3.97. The van der Waals surface area contributed by atoms with Gasteiger partial charge in [-0.25, -0.2) is 0 Å². The highest BCUT2D eigenvalue weighted by molar-refractivity contribution is 6.43. The number of rotatable bonds is 0. The van der Waals surface area contributed by atoms with Crippen molar-refractivity contribution in [2.24, 2.45) is 0 Å². The van der Waals surface area contributed by atoms with Gasteiger partial charge in [0.1, 0.15) is 4.84 Å². The molecule has 11 heavy (non-hydrogen) atoms. The highest BCUT2D eigenvalue weighted by atomic mass is 35.5. The van der Waals surface area contributed by atoms with E-state index in [2.05, 4.69) is 11.9 Å². The fourth-order valence-corrected chi connectivity index (χ4v) is 0.655. The summed E-state index contributed by atoms with van der Waals surface area (Å²) in [5, 5.41) is 0. The van der Waals surface area contributed by atoms with Crippen LogP contribution in [-0.2, 0) is 4.74 Å². The summed E-state index contributed by atoms with van der Waals surface area (Å²) in [6.07, 6.45) is 0. The summed E-state index contributed by atoms with van der Waals surface area (Å²) in [5.74, 6) is 0. The van der Waals surface area contributed by atoms with Crippen LogP contribution in [0.2, 0.25) is 0 Å². The van der Waals surface area contributed by atoms with E-state index < -0.39 is 0 Å². The van der Waals surface area contributed by atoms with Crippen LogP contribution in [-0.4, -0.2) is 43.1 Å². The van der Waals surface area contributed by atoms with Crippen molar-refractivity contribution >= 4 is 23.2 Å². The lowest BCUT2D eigenvalue weighted by Gasteiger charge is -2.21. The molecule has 0 unspecified atom stereocenters. The molecule has 1 rings (SSSR count). The molecule has 1 saturated heterocycles. The maximum atomic E-state index is 5.10. The molecule has 0 aliphatic carbocycles. The van der Waals surface area contributed by atoms with E-state index in [1.807, 2.05) is 0 Å². The number of hydrogen-bond donors (Lipinski definition) is 0. The number of likely N-dealkylation sites (N-methyl/N-ethyl adjacent to an activating group) is 1. The second-order valence-electron chi connectivity index (χ2n) is 2.43. The Bertz CT molecular complexity index is 81.8. The molecule has 1 heterocycles. The van der Waals surface area contributed by atoms with Crippen molar-refractivity contribution < 1.29 is 4.74 Å². The first kappa shape index (κ1) is 11.5. The molecule has 0 aromatic rings. The Labute approximate surface area is 78.4 Å². The third-order valence-corrected chi connectivity index (χ3v) is 1.23. The minimum atomic E-state index is -0.222. The van der Waals surface area contributed by atoms with Gasteiger partial charge in [0, 0.05) is 13.1 Å². The smallest absolute Gasteiger partial charge is 0.105 e. The number of nitrogens with zero attached hydrogens (tertiary/aromatic N) is 1. The standard InChI is InChI=1S/C5H11NO.C2H4Cl2/c1-6-2-4-7-5-3-6;1-2(3)4/h2-5H2,1H3;2H,1H3. The van der Waals surface area contributed by atoms with Gasteiger partial charge in [0.05, 0.1) is 13.2 Å². The van der Waals surface area contributed by atoms with Crippen molar-refractivity contribution in [3.8, 4) is 0 Å². The maximum Gasteiger partial charge on any atom is 0.105 e. The van der Waals surface area contributed by atoms with Gasteiger partial charge in [-0.1, -0.05) is 0 Å². The first-order chi connectivity index (χ1) is 5.13. The highest BCUT2D eigenvalue weighted by Gasteiger charge is 2.02. The molecule has 0 bridgehead atoms. The van der Waals surface area contributed by atoms with Crippen molar-refractivity contribution in [3.05, 3.63) is 0 Å². The molecule has 0 atom stereocenters. The number of halogens is 2. The normalized spacial score (nSPS) is 19.4. The predicted molar refractivity (Wildman–Crippen MR) is 49.5 cm³/mol.